The summed E-state index contributed by atoms with van der Waals surface area (Å²) in [5.41, 5.74) is 5.65. The molecule has 5 heteroatoms. The summed E-state index contributed by atoms with van der Waals surface area (Å²) in [5.74, 6) is -0.125. The number of hydrogen-bond donors (Lipinski definition) is 2. The van der Waals surface area contributed by atoms with Gasteiger partial charge in [-0.3, -0.25) is 4.79 Å². The fourth-order valence-electron chi connectivity index (χ4n) is 1.09. The molecule has 1 heterocycles. The molecule has 0 spiro atoms. The fourth-order valence-corrected chi connectivity index (χ4v) is 1.74. The number of amides is 1. The molecule has 0 saturated heterocycles. The quantitative estimate of drug-likeness (QED) is 0.754. The van der Waals surface area contributed by atoms with Gasteiger partial charge in [0.05, 0.1) is 12.6 Å². The number of methoxy groups -OCH3 is 1. The van der Waals surface area contributed by atoms with Gasteiger partial charge in [-0.1, -0.05) is 6.07 Å². The molecule has 0 bridgehead atoms. The van der Waals surface area contributed by atoms with Gasteiger partial charge in [0.1, 0.15) is 0 Å². The van der Waals surface area contributed by atoms with E-state index >= 15 is 0 Å². The Morgan fingerprint density at radius 2 is 2.53 bits per heavy atom. The van der Waals surface area contributed by atoms with Crippen LogP contribution in [0.25, 0.3) is 0 Å². The van der Waals surface area contributed by atoms with E-state index in [9.17, 15) is 4.79 Å². The maximum atomic E-state index is 11.5. The van der Waals surface area contributed by atoms with Crippen LogP contribution in [-0.4, -0.2) is 25.7 Å². The average molecular weight is 228 g/mol. The normalized spacial score (nSPS) is 12.4. The van der Waals surface area contributed by atoms with Crippen molar-refractivity contribution in [2.75, 3.05) is 13.7 Å². The molecular weight excluding hydrogens is 212 g/mol. The highest BCUT2D eigenvalue weighted by atomic mass is 32.1. The Hall–Kier alpha value is -0.910. The van der Waals surface area contributed by atoms with E-state index in [1.165, 1.54) is 0 Å². The van der Waals surface area contributed by atoms with Crippen LogP contribution < -0.4 is 11.1 Å². The Balaban J connectivity index is 2.23. The van der Waals surface area contributed by atoms with E-state index in [0.29, 0.717) is 19.6 Å². The van der Waals surface area contributed by atoms with E-state index in [0.717, 1.165) is 4.88 Å². The summed E-state index contributed by atoms with van der Waals surface area (Å²) in [5, 5.41) is 4.76. The van der Waals surface area contributed by atoms with E-state index in [2.05, 4.69) is 5.32 Å². The topological polar surface area (TPSA) is 64.3 Å². The lowest BCUT2D eigenvalue weighted by Gasteiger charge is -2.10. The van der Waals surface area contributed by atoms with Gasteiger partial charge in [0.2, 0.25) is 5.91 Å². The first-order chi connectivity index (χ1) is 7.24. The molecule has 0 aromatic carbocycles. The number of ether oxygens (including phenoxy) is 1. The number of nitrogens with two attached hydrogens (primary N) is 1. The number of nitrogens with one attached hydrogen (secondary N) is 1. The van der Waals surface area contributed by atoms with Crippen LogP contribution in [-0.2, 0) is 16.1 Å². The van der Waals surface area contributed by atoms with Crippen molar-refractivity contribution in [1.29, 1.82) is 0 Å². The van der Waals surface area contributed by atoms with Crippen LogP contribution >= 0.6 is 11.3 Å². The first kappa shape index (κ1) is 12.2. The van der Waals surface area contributed by atoms with Crippen LogP contribution in [0.5, 0.6) is 0 Å². The Morgan fingerprint density at radius 1 is 1.73 bits per heavy atom. The minimum absolute atomic E-state index is 0.125. The minimum atomic E-state index is -0.482. The second-order valence-corrected chi connectivity index (χ2v) is 4.22. The van der Waals surface area contributed by atoms with E-state index in [-0.39, 0.29) is 5.91 Å². The molecule has 0 fully saturated rings. The van der Waals surface area contributed by atoms with E-state index < -0.39 is 6.04 Å². The average Bonchev–Trinajstić information content (AvgIpc) is 2.75. The Bertz CT molecular complexity index is 288. The molecule has 1 aromatic rings. The molecule has 0 saturated carbocycles. The molecule has 4 nitrogen and oxygen atoms in total. The molecule has 15 heavy (non-hydrogen) atoms. The van der Waals surface area contributed by atoms with Gasteiger partial charge in [-0.05, 0) is 17.9 Å². The van der Waals surface area contributed by atoms with Crippen LogP contribution in [0.1, 0.15) is 11.3 Å². The number of carbonyl (C=O) groups excluding carboxylic acids is 1. The summed E-state index contributed by atoms with van der Waals surface area (Å²) >= 11 is 1.61. The lowest BCUT2D eigenvalue weighted by atomic mass is 10.2. The molecule has 0 aliphatic carbocycles. The summed E-state index contributed by atoms with van der Waals surface area (Å²) in [6.07, 6.45) is 0.548. The highest BCUT2D eigenvalue weighted by Gasteiger charge is 2.12. The molecular formula is C10H16N2O2S. The monoisotopic (exact) mass is 228 g/mol. The van der Waals surface area contributed by atoms with Crippen molar-refractivity contribution >= 4 is 17.2 Å². The number of rotatable bonds is 6. The molecule has 3 N–H and O–H groups in total. The third-order valence-electron chi connectivity index (χ3n) is 1.99. The van der Waals surface area contributed by atoms with Crippen molar-refractivity contribution in [2.24, 2.45) is 5.73 Å². The van der Waals surface area contributed by atoms with Crippen molar-refractivity contribution in [1.82, 2.24) is 5.32 Å². The highest BCUT2D eigenvalue weighted by Crippen LogP contribution is 2.07. The van der Waals surface area contributed by atoms with Crippen molar-refractivity contribution in [3.63, 3.8) is 0 Å². The number of thiophene rings is 1. The van der Waals surface area contributed by atoms with E-state index in [1.807, 2.05) is 17.5 Å². The molecule has 0 aliphatic rings. The second kappa shape index (κ2) is 6.55. The first-order valence-corrected chi connectivity index (χ1v) is 5.66. The number of hydrogen-bond acceptors (Lipinski definition) is 4. The Labute approximate surface area is 93.4 Å². The van der Waals surface area contributed by atoms with Crippen LogP contribution in [0.15, 0.2) is 17.5 Å². The molecule has 0 aliphatic heterocycles. The zero-order valence-electron chi connectivity index (χ0n) is 8.73. The van der Waals surface area contributed by atoms with Crippen LogP contribution in [0.2, 0.25) is 0 Å². The summed E-state index contributed by atoms with van der Waals surface area (Å²) in [6.45, 7) is 1.06. The fraction of sp³-hybridized carbons (Fsp3) is 0.500. The van der Waals surface area contributed by atoms with Crippen molar-refractivity contribution in [3.8, 4) is 0 Å². The molecule has 84 valence electrons. The van der Waals surface area contributed by atoms with Gasteiger partial charge >= 0.3 is 0 Å². The smallest absolute Gasteiger partial charge is 0.237 e. The standard InChI is InChI=1S/C10H16N2O2S/c1-14-5-4-9(11)10(13)12-7-8-3-2-6-15-8/h2-3,6,9H,4-5,7,11H2,1H3,(H,12,13). The van der Waals surface area contributed by atoms with E-state index in [1.54, 1.807) is 18.4 Å². The summed E-state index contributed by atoms with van der Waals surface area (Å²) in [6, 6.07) is 3.45. The van der Waals surface area contributed by atoms with Gasteiger partial charge in [0, 0.05) is 18.6 Å². The van der Waals surface area contributed by atoms with Crippen LogP contribution in [0.4, 0.5) is 0 Å². The molecule has 1 rings (SSSR count). The maximum Gasteiger partial charge on any atom is 0.237 e. The molecule has 1 atom stereocenters. The van der Waals surface area contributed by atoms with Gasteiger partial charge < -0.3 is 15.8 Å². The minimum Gasteiger partial charge on any atom is -0.385 e. The van der Waals surface area contributed by atoms with Gasteiger partial charge in [0.25, 0.3) is 0 Å². The van der Waals surface area contributed by atoms with Crippen LogP contribution in [0.3, 0.4) is 0 Å². The predicted octanol–water partition coefficient (Wildman–Crippen LogP) is 0.728. The predicted molar refractivity (Wildman–Crippen MR) is 60.6 cm³/mol. The zero-order chi connectivity index (χ0) is 11.1. The highest BCUT2D eigenvalue weighted by molar-refractivity contribution is 7.09. The molecule has 1 unspecified atom stereocenters. The van der Waals surface area contributed by atoms with Crippen molar-refractivity contribution in [3.05, 3.63) is 22.4 Å². The maximum absolute atomic E-state index is 11.5. The molecule has 1 aromatic heterocycles. The van der Waals surface area contributed by atoms with Crippen molar-refractivity contribution in [2.45, 2.75) is 19.0 Å². The Morgan fingerprint density at radius 3 is 3.13 bits per heavy atom. The zero-order valence-corrected chi connectivity index (χ0v) is 9.55. The lowest BCUT2D eigenvalue weighted by Crippen LogP contribution is -2.40. The third kappa shape index (κ3) is 4.42. The van der Waals surface area contributed by atoms with Gasteiger partial charge in [-0.25, -0.2) is 0 Å². The van der Waals surface area contributed by atoms with Crippen LogP contribution in [0, 0.1) is 0 Å². The van der Waals surface area contributed by atoms with Gasteiger partial charge in [-0.2, -0.15) is 0 Å². The second-order valence-electron chi connectivity index (χ2n) is 3.19. The molecule has 1 amide bonds. The SMILES string of the molecule is COCCC(N)C(=O)NCc1cccs1. The molecule has 0 radical (unpaired) electrons. The van der Waals surface area contributed by atoms with Gasteiger partial charge in [0.15, 0.2) is 0 Å². The summed E-state index contributed by atoms with van der Waals surface area (Å²) in [7, 11) is 1.59. The third-order valence-corrected chi connectivity index (χ3v) is 2.86. The lowest BCUT2D eigenvalue weighted by molar-refractivity contribution is -0.122. The van der Waals surface area contributed by atoms with Crippen molar-refractivity contribution < 1.29 is 9.53 Å². The first-order valence-electron chi connectivity index (χ1n) is 4.78. The largest absolute Gasteiger partial charge is 0.385 e. The number of carbonyl (C=O) groups is 1. The summed E-state index contributed by atoms with van der Waals surface area (Å²) < 4.78 is 4.86. The van der Waals surface area contributed by atoms with Gasteiger partial charge in [-0.15, -0.1) is 11.3 Å². The van der Waals surface area contributed by atoms with E-state index in [4.69, 9.17) is 10.5 Å². The Kier molecular flexibility index (Phi) is 5.31. The summed E-state index contributed by atoms with van der Waals surface area (Å²) in [4.78, 5) is 12.6.